The molecule has 3 aromatic rings. The van der Waals surface area contributed by atoms with Gasteiger partial charge in [-0.25, -0.2) is 9.78 Å². The molecule has 134 valence electrons. The molecule has 7 heteroatoms. The second-order valence-corrected chi connectivity index (χ2v) is 6.34. The number of esters is 1. The highest BCUT2D eigenvalue weighted by atomic mass is 16.5. The zero-order chi connectivity index (χ0) is 18.1. The van der Waals surface area contributed by atoms with Crippen molar-refractivity contribution in [1.82, 2.24) is 14.6 Å². The van der Waals surface area contributed by atoms with Gasteiger partial charge in [-0.05, 0) is 36.6 Å². The summed E-state index contributed by atoms with van der Waals surface area (Å²) >= 11 is 0. The number of carbonyl (C=O) groups is 1. The summed E-state index contributed by atoms with van der Waals surface area (Å²) in [6.07, 6.45) is 5.58. The van der Waals surface area contributed by atoms with Crippen LogP contribution in [-0.2, 0) is 4.74 Å². The van der Waals surface area contributed by atoms with Crippen molar-refractivity contribution >= 4 is 17.4 Å². The van der Waals surface area contributed by atoms with E-state index in [0.717, 1.165) is 42.0 Å². The fourth-order valence-electron chi connectivity index (χ4n) is 3.53. The fourth-order valence-corrected chi connectivity index (χ4v) is 3.53. The number of aliphatic hydroxyl groups excluding tert-OH is 1. The van der Waals surface area contributed by atoms with E-state index in [-0.39, 0.29) is 18.6 Å². The molecule has 0 unspecified atom stereocenters. The van der Waals surface area contributed by atoms with Gasteiger partial charge in [-0.15, -0.1) is 0 Å². The molecule has 0 spiro atoms. The van der Waals surface area contributed by atoms with Crippen molar-refractivity contribution in [3.63, 3.8) is 0 Å². The first-order valence-electron chi connectivity index (χ1n) is 8.62. The number of hydrogen-bond donors (Lipinski definition) is 1. The molecule has 0 amide bonds. The van der Waals surface area contributed by atoms with Gasteiger partial charge in [-0.2, -0.15) is 9.61 Å². The van der Waals surface area contributed by atoms with E-state index in [9.17, 15) is 9.90 Å². The van der Waals surface area contributed by atoms with Gasteiger partial charge in [0.2, 0.25) is 0 Å². The molecule has 1 N–H and O–H groups in total. The average molecular weight is 352 g/mol. The zero-order valence-electron chi connectivity index (χ0n) is 14.5. The standard InChI is InChI=1S/C19H20N4O3/c1-26-19(25)14-6-4-13(5-7-14)16-11-21-23-17(8-9-20-18(16)23)22-10-2-3-15(22)12-24/h4-9,11,15,24H,2-3,10,12H2,1H3/t15-/m0/s1. The Balaban J connectivity index is 1.74. The van der Waals surface area contributed by atoms with Gasteiger partial charge in [0.1, 0.15) is 5.82 Å². The summed E-state index contributed by atoms with van der Waals surface area (Å²) in [7, 11) is 1.37. The van der Waals surface area contributed by atoms with E-state index in [0.29, 0.717) is 5.56 Å². The molecule has 1 atom stereocenters. The van der Waals surface area contributed by atoms with Crippen molar-refractivity contribution < 1.29 is 14.6 Å². The number of nitrogens with zero attached hydrogens (tertiary/aromatic N) is 4. The molecular formula is C19H20N4O3. The maximum Gasteiger partial charge on any atom is 0.337 e. The summed E-state index contributed by atoms with van der Waals surface area (Å²) in [4.78, 5) is 18.3. The summed E-state index contributed by atoms with van der Waals surface area (Å²) in [6.45, 7) is 1.03. The van der Waals surface area contributed by atoms with Gasteiger partial charge in [0.25, 0.3) is 0 Å². The first-order valence-corrected chi connectivity index (χ1v) is 8.62. The molecule has 7 nitrogen and oxygen atoms in total. The molecule has 0 bridgehead atoms. The lowest BCUT2D eigenvalue weighted by Crippen LogP contribution is -2.33. The number of hydrogen-bond acceptors (Lipinski definition) is 6. The second-order valence-electron chi connectivity index (χ2n) is 6.34. The van der Waals surface area contributed by atoms with E-state index < -0.39 is 0 Å². The Morgan fingerprint density at radius 3 is 2.85 bits per heavy atom. The van der Waals surface area contributed by atoms with Gasteiger partial charge in [-0.3, -0.25) is 0 Å². The van der Waals surface area contributed by atoms with Crippen LogP contribution < -0.4 is 4.90 Å². The van der Waals surface area contributed by atoms with E-state index in [1.165, 1.54) is 7.11 Å². The molecule has 1 fully saturated rings. The third kappa shape index (κ3) is 2.70. The van der Waals surface area contributed by atoms with Crippen LogP contribution in [0.1, 0.15) is 23.2 Å². The SMILES string of the molecule is COC(=O)c1ccc(-c2cnn3c(N4CCC[C@H]4CO)ccnc23)cc1. The summed E-state index contributed by atoms with van der Waals surface area (Å²) in [5, 5.41) is 14.1. The minimum Gasteiger partial charge on any atom is -0.465 e. The van der Waals surface area contributed by atoms with E-state index in [2.05, 4.69) is 15.0 Å². The zero-order valence-corrected chi connectivity index (χ0v) is 14.5. The van der Waals surface area contributed by atoms with Crippen LogP contribution in [0.4, 0.5) is 5.82 Å². The number of aliphatic hydroxyl groups is 1. The normalized spacial score (nSPS) is 17.0. The lowest BCUT2D eigenvalue weighted by Gasteiger charge is -2.25. The van der Waals surface area contributed by atoms with Crippen LogP contribution in [0.5, 0.6) is 0 Å². The summed E-state index contributed by atoms with van der Waals surface area (Å²) in [5.74, 6) is 0.574. The molecule has 1 saturated heterocycles. The molecule has 1 aliphatic rings. The van der Waals surface area contributed by atoms with E-state index in [1.807, 2.05) is 22.7 Å². The molecule has 0 radical (unpaired) electrons. The number of methoxy groups -OCH3 is 1. The van der Waals surface area contributed by atoms with Crippen molar-refractivity contribution in [3.8, 4) is 11.1 Å². The molecule has 0 aliphatic carbocycles. The largest absolute Gasteiger partial charge is 0.465 e. The average Bonchev–Trinajstić information content (AvgIpc) is 3.34. The van der Waals surface area contributed by atoms with Crippen molar-refractivity contribution in [2.24, 2.45) is 0 Å². The molecule has 3 heterocycles. The third-order valence-corrected chi connectivity index (χ3v) is 4.88. The Morgan fingerprint density at radius 1 is 1.31 bits per heavy atom. The van der Waals surface area contributed by atoms with Gasteiger partial charge in [0.05, 0.1) is 31.5 Å². The molecule has 4 rings (SSSR count). The number of fused-ring (bicyclic) bond motifs is 1. The quantitative estimate of drug-likeness (QED) is 0.725. The second kappa shape index (κ2) is 6.76. The van der Waals surface area contributed by atoms with Gasteiger partial charge >= 0.3 is 5.97 Å². The Hall–Kier alpha value is -2.93. The molecule has 1 aliphatic heterocycles. The number of ether oxygens (including phenoxy) is 1. The summed E-state index contributed by atoms with van der Waals surface area (Å²) in [5.41, 5.74) is 3.07. The molecule has 26 heavy (non-hydrogen) atoms. The van der Waals surface area contributed by atoms with Crippen LogP contribution in [0.3, 0.4) is 0 Å². The number of benzene rings is 1. The van der Waals surface area contributed by atoms with Crippen molar-refractivity contribution in [3.05, 3.63) is 48.3 Å². The number of aromatic nitrogens is 3. The Morgan fingerprint density at radius 2 is 2.12 bits per heavy atom. The predicted octanol–water partition coefficient (Wildman–Crippen LogP) is 2.14. The van der Waals surface area contributed by atoms with Gasteiger partial charge in [0, 0.05) is 18.3 Å². The molecular weight excluding hydrogens is 332 g/mol. The first kappa shape index (κ1) is 16.5. The topological polar surface area (TPSA) is 80.0 Å². The first-order chi connectivity index (χ1) is 12.7. The fraction of sp³-hybridized carbons (Fsp3) is 0.316. The Labute approximate surface area is 150 Å². The number of rotatable bonds is 4. The van der Waals surface area contributed by atoms with Crippen LogP contribution in [0.15, 0.2) is 42.7 Å². The maximum absolute atomic E-state index is 11.6. The van der Waals surface area contributed by atoms with Crippen molar-refractivity contribution in [2.75, 3.05) is 25.2 Å². The van der Waals surface area contributed by atoms with Crippen molar-refractivity contribution in [2.45, 2.75) is 18.9 Å². The summed E-state index contributed by atoms with van der Waals surface area (Å²) < 4.78 is 6.55. The van der Waals surface area contributed by atoms with Crippen LogP contribution in [0.2, 0.25) is 0 Å². The van der Waals surface area contributed by atoms with E-state index in [4.69, 9.17) is 4.74 Å². The number of anilines is 1. The summed E-state index contributed by atoms with van der Waals surface area (Å²) in [6, 6.07) is 9.24. The Kier molecular flexibility index (Phi) is 4.30. The van der Waals surface area contributed by atoms with Crippen molar-refractivity contribution in [1.29, 1.82) is 0 Å². The maximum atomic E-state index is 11.6. The predicted molar refractivity (Wildman–Crippen MR) is 97.2 cm³/mol. The lowest BCUT2D eigenvalue weighted by molar-refractivity contribution is 0.0601. The van der Waals surface area contributed by atoms with Crippen LogP contribution in [0, 0.1) is 0 Å². The molecule has 0 saturated carbocycles. The monoisotopic (exact) mass is 352 g/mol. The molecule has 2 aromatic heterocycles. The lowest BCUT2D eigenvalue weighted by atomic mass is 10.1. The Bertz CT molecular complexity index is 936. The highest BCUT2D eigenvalue weighted by molar-refractivity contribution is 5.90. The minimum absolute atomic E-state index is 0.118. The van der Waals surface area contributed by atoms with E-state index in [1.54, 1.807) is 24.5 Å². The highest BCUT2D eigenvalue weighted by Gasteiger charge is 2.26. The van der Waals surface area contributed by atoms with Gasteiger partial charge in [0.15, 0.2) is 5.65 Å². The van der Waals surface area contributed by atoms with Crippen LogP contribution >= 0.6 is 0 Å². The number of carbonyl (C=O) groups excluding carboxylic acids is 1. The van der Waals surface area contributed by atoms with Gasteiger partial charge in [-0.1, -0.05) is 12.1 Å². The molecule has 1 aromatic carbocycles. The van der Waals surface area contributed by atoms with E-state index >= 15 is 0 Å². The highest BCUT2D eigenvalue weighted by Crippen LogP contribution is 2.29. The third-order valence-electron chi connectivity index (χ3n) is 4.88. The van der Waals surface area contributed by atoms with Gasteiger partial charge < -0.3 is 14.7 Å². The van der Waals surface area contributed by atoms with Crippen LogP contribution in [-0.4, -0.2) is 52.0 Å². The van der Waals surface area contributed by atoms with Crippen LogP contribution in [0.25, 0.3) is 16.8 Å². The minimum atomic E-state index is -0.360. The smallest absolute Gasteiger partial charge is 0.337 e.